The molecular weight excluding hydrogens is 304 g/mol. The van der Waals surface area contributed by atoms with Crippen molar-refractivity contribution < 1.29 is 13.2 Å². The zero-order chi connectivity index (χ0) is 11.5. The molecule has 0 aliphatic carbocycles. The second kappa shape index (κ2) is 5.30. The van der Waals surface area contributed by atoms with E-state index in [4.69, 9.17) is 15.4 Å². The van der Waals surface area contributed by atoms with Gasteiger partial charge in [0.1, 0.15) is 0 Å². The number of hydrogen-bond acceptors (Lipinski definition) is 3. The third kappa shape index (κ3) is 4.51. The van der Waals surface area contributed by atoms with Crippen LogP contribution in [0, 0.1) is 0 Å². The lowest BCUT2D eigenvalue weighted by Gasteiger charge is -2.07. The molecule has 0 aliphatic heterocycles. The van der Waals surface area contributed by atoms with E-state index in [2.05, 4.69) is 15.9 Å². The van der Waals surface area contributed by atoms with Gasteiger partial charge in [-0.25, -0.2) is 8.42 Å². The van der Waals surface area contributed by atoms with E-state index in [-0.39, 0.29) is 5.75 Å². The maximum Gasteiger partial charge on any atom is 0.236 e. The predicted octanol–water partition coefficient (Wildman–Crippen LogP) is 2.66. The van der Waals surface area contributed by atoms with Gasteiger partial charge in [-0.1, -0.05) is 22.0 Å². The molecule has 0 bridgehead atoms. The van der Waals surface area contributed by atoms with Gasteiger partial charge in [0, 0.05) is 22.3 Å². The Morgan fingerprint density at radius 1 is 1.40 bits per heavy atom. The van der Waals surface area contributed by atoms with Gasteiger partial charge >= 0.3 is 0 Å². The summed E-state index contributed by atoms with van der Waals surface area (Å²) in [6.45, 7) is 0.362. The molecule has 0 spiro atoms. The molecule has 0 aromatic heterocycles. The van der Waals surface area contributed by atoms with Gasteiger partial charge in [0.25, 0.3) is 0 Å². The van der Waals surface area contributed by atoms with Crippen molar-refractivity contribution in [1.82, 2.24) is 0 Å². The molecule has 0 heterocycles. The summed E-state index contributed by atoms with van der Waals surface area (Å²) in [6.07, 6.45) is 0. The van der Waals surface area contributed by atoms with E-state index in [1.54, 1.807) is 19.2 Å². The van der Waals surface area contributed by atoms with Crippen molar-refractivity contribution >= 4 is 35.7 Å². The Morgan fingerprint density at radius 3 is 2.60 bits per heavy atom. The minimum absolute atomic E-state index is 0.180. The fraction of sp³-hybridized carbons (Fsp3) is 0.333. The van der Waals surface area contributed by atoms with Gasteiger partial charge in [0.15, 0.2) is 0 Å². The smallest absolute Gasteiger partial charge is 0.236 e. The summed E-state index contributed by atoms with van der Waals surface area (Å²) < 4.78 is 27.8. The Labute approximate surface area is 102 Å². The van der Waals surface area contributed by atoms with Crippen LogP contribution in [0.3, 0.4) is 0 Å². The van der Waals surface area contributed by atoms with Crippen LogP contribution in [-0.2, 0) is 26.1 Å². The number of hydrogen-bond donors (Lipinski definition) is 0. The number of benzene rings is 1. The van der Waals surface area contributed by atoms with Gasteiger partial charge in [-0.2, -0.15) is 0 Å². The average Bonchev–Trinajstić information content (AvgIpc) is 2.08. The molecule has 0 amide bonds. The van der Waals surface area contributed by atoms with E-state index in [0.717, 1.165) is 10.0 Å². The normalized spacial score (nSPS) is 11.7. The molecule has 1 rings (SSSR count). The molecule has 0 fully saturated rings. The van der Waals surface area contributed by atoms with Crippen LogP contribution in [0.1, 0.15) is 11.1 Å². The predicted molar refractivity (Wildman–Crippen MR) is 63.3 cm³/mol. The van der Waals surface area contributed by atoms with E-state index in [0.29, 0.717) is 12.2 Å². The summed E-state index contributed by atoms with van der Waals surface area (Å²) in [5, 5.41) is 0. The van der Waals surface area contributed by atoms with Gasteiger partial charge < -0.3 is 4.74 Å². The third-order valence-corrected chi connectivity index (χ3v) is 3.27. The molecule has 0 saturated carbocycles. The monoisotopic (exact) mass is 312 g/mol. The van der Waals surface area contributed by atoms with Crippen molar-refractivity contribution in [3.05, 3.63) is 33.8 Å². The van der Waals surface area contributed by atoms with Crippen LogP contribution in [0.25, 0.3) is 0 Å². The molecule has 3 nitrogen and oxygen atoms in total. The van der Waals surface area contributed by atoms with Crippen molar-refractivity contribution in [3.8, 4) is 0 Å². The fourth-order valence-electron chi connectivity index (χ4n) is 1.21. The molecule has 6 heteroatoms. The van der Waals surface area contributed by atoms with Gasteiger partial charge in [-0.15, -0.1) is 0 Å². The Balaban J connectivity index is 3.05. The van der Waals surface area contributed by atoms with Crippen LogP contribution >= 0.6 is 26.6 Å². The van der Waals surface area contributed by atoms with Crippen molar-refractivity contribution in [3.63, 3.8) is 0 Å². The first-order chi connectivity index (χ1) is 6.92. The number of rotatable bonds is 4. The lowest BCUT2D eigenvalue weighted by Crippen LogP contribution is -2.01. The van der Waals surface area contributed by atoms with Crippen LogP contribution in [-0.4, -0.2) is 15.5 Å². The van der Waals surface area contributed by atoms with Gasteiger partial charge in [-0.3, -0.25) is 0 Å². The quantitative estimate of drug-likeness (QED) is 0.803. The Kier molecular flexibility index (Phi) is 4.58. The summed E-state index contributed by atoms with van der Waals surface area (Å²) in [5.41, 5.74) is 1.48. The highest BCUT2D eigenvalue weighted by molar-refractivity contribution is 9.10. The highest BCUT2D eigenvalue weighted by atomic mass is 79.9. The summed E-state index contributed by atoms with van der Waals surface area (Å²) in [7, 11) is 3.23. The van der Waals surface area contributed by atoms with Crippen LogP contribution in [0.5, 0.6) is 0 Å². The van der Waals surface area contributed by atoms with Gasteiger partial charge in [-0.05, 0) is 23.3 Å². The average molecular weight is 314 g/mol. The lowest BCUT2D eigenvalue weighted by molar-refractivity contribution is 0.184. The van der Waals surface area contributed by atoms with Crippen molar-refractivity contribution in [2.75, 3.05) is 7.11 Å². The second-order valence-electron chi connectivity index (χ2n) is 3.03. The zero-order valence-corrected chi connectivity index (χ0v) is 11.2. The van der Waals surface area contributed by atoms with E-state index in [9.17, 15) is 8.42 Å². The molecule has 0 saturated heterocycles. The van der Waals surface area contributed by atoms with Crippen LogP contribution < -0.4 is 0 Å². The van der Waals surface area contributed by atoms with Crippen LogP contribution in [0.4, 0.5) is 0 Å². The lowest BCUT2D eigenvalue weighted by atomic mass is 10.1. The third-order valence-electron chi connectivity index (χ3n) is 1.80. The summed E-state index contributed by atoms with van der Waals surface area (Å²) in [5.74, 6) is -0.180. The molecule has 15 heavy (non-hydrogen) atoms. The minimum atomic E-state index is -3.53. The first-order valence-corrected chi connectivity index (χ1v) is 7.38. The fourth-order valence-corrected chi connectivity index (χ4v) is 2.63. The Hall–Kier alpha value is -0.100. The number of halogens is 2. The highest BCUT2D eigenvalue weighted by Gasteiger charge is 2.11. The summed E-state index contributed by atoms with van der Waals surface area (Å²) >= 11 is 3.31. The van der Waals surface area contributed by atoms with Gasteiger partial charge in [0.2, 0.25) is 9.05 Å². The first kappa shape index (κ1) is 13.0. The van der Waals surface area contributed by atoms with E-state index in [1.807, 2.05) is 6.07 Å². The summed E-state index contributed by atoms with van der Waals surface area (Å²) in [4.78, 5) is 0. The largest absolute Gasteiger partial charge is 0.380 e. The molecule has 1 aromatic carbocycles. The van der Waals surface area contributed by atoms with E-state index >= 15 is 0 Å². The van der Waals surface area contributed by atoms with Crippen molar-refractivity contribution in [2.45, 2.75) is 12.4 Å². The van der Waals surface area contributed by atoms with Crippen LogP contribution in [0.2, 0.25) is 0 Å². The molecule has 0 N–H and O–H groups in total. The summed E-state index contributed by atoms with van der Waals surface area (Å²) in [6, 6.07) is 5.32. The zero-order valence-electron chi connectivity index (χ0n) is 8.04. The Bertz CT molecular complexity index is 445. The first-order valence-electron chi connectivity index (χ1n) is 4.11. The minimum Gasteiger partial charge on any atom is -0.380 e. The van der Waals surface area contributed by atoms with E-state index in [1.165, 1.54) is 0 Å². The highest BCUT2D eigenvalue weighted by Crippen LogP contribution is 2.20. The molecular formula is C9H10BrClO3S. The maximum atomic E-state index is 11.0. The molecule has 0 atom stereocenters. The number of methoxy groups -OCH3 is 1. The van der Waals surface area contributed by atoms with Crippen molar-refractivity contribution in [2.24, 2.45) is 0 Å². The van der Waals surface area contributed by atoms with Gasteiger partial charge in [0.05, 0.1) is 12.4 Å². The molecule has 0 radical (unpaired) electrons. The van der Waals surface area contributed by atoms with Crippen molar-refractivity contribution in [1.29, 1.82) is 0 Å². The standard InChI is InChI=1S/C9H10BrClO3S/c1-14-5-8-4-9(10)3-2-7(8)6-15(11,12)13/h2-4H,5-6H2,1H3. The second-order valence-corrected chi connectivity index (χ2v) is 6.72. The maximum absolute atomic E-state index is 11.0. The molecule has 1 aromatic rings. The van der Waals surface area contributed by atoms with E-state index < -0.39 is 9.05 Å². The SMILES string of the molecule is COCc1cc(Br)ccc1CS(=O)(=O)Cl. The number of ether oxygens (including phenoxy) is 1. The molecule has 84 valence electrons. The topological polar surface area (TPSA) is 43.4 Å². The van der Waals surface area contributed by atoms with Crippen LogP contribution in [0.15, 0.2) is 22.7 Å². The molecule has 0 unspecified atom stereocenters. The Morgan fingerprint density at radius 2 is 2.07 bits per heavy atom. The molecule has 0 aliphatic rings.